The molecule has 0 spiro atoms. The van der Waals surface area contributed by atoms with Gasteiger partial charge < -0.3 is 5.32 Å². The zero-order chi connectivity index (χ0) is 13.1. The summed E-state index contributed by atoms with van der Waals surface area (Å²) >= 11 is 0. The van der Waals surface area contributed by atoms with Gasteiger partial charge >= 0.3 is 0 Å². The van der Waals surface area contributed by atoms with E-state index in [9.17, 15) is 13.2 Å². The molecule has 3 N–H and O–H groups in total. The molecule has 0 fully saturated rings. The van der Waals surface area contributed by atoms with Crippen LogP contribution in [-0.2, 0) is 10.0 Å². The number of terminal acetylenes is 1. The van der Waals surface area contributed by atoms with E-state index in [4.69, 9.17) is 11.6 Å². The average molecular weight is 252 g/mol. The largest absolute Gasteiger partial charge is 0.341 e. The van der Waals surface area contributed by atoms with Crippen LogP contribution in [0.3, 0.4) is 0 Å². The maximum atomic E-state index is 11.6. The van der Waals surface area contributed by atoms with Gasteiger partial charge in [0.05, 0.1) is 11.4 Å². The lowest BCUT2D eigenvalue weighted by Gasteiger charge is -2.07. The highest BCUT2D eigenvalue weighted by molar-refractivity contribution is 7.89. The number of hydrogen-bond acceptors (Lipinski definition) is 3. The van der Waals surface area contributed by atoms with E-state index in [1.807, 2.05) is 0 Å². The number of hydrogen-bond donors (Lipinski definition) is 2. The van der Waals surface area contributed by atoms with Crippen molar-refractivity contribution in [1.29, 1.82) is 0 Å². The molecule has 0 aliphatic rings. The van der Waals surface area contributed by atoms with Crippen LogP contribution in [0.25, 0.3) is 0 Å². The second-order valence-corrected chi connectivity index (χ2v) is 4.97. The normalized spacial score (nSPS) is 10.6. The molecule has 0 aliphatic carbocycles. The minimum Gasteiger partial charge on any atom is -0.341 e. The zero-order valence-corrected chi connectivity index (χ0v) is 10.0. The van der Waals surface area contributed by atoms with Crippen LogP contribution in [-0.4, -0.2) is 20.9 Å². The van der Waals surface area contributed by atoms with Crippen LogP contribution in [0, 0.1) is 19.3 Å². The van der Waals surface area contributed by atoms with Crippen LogP contribution in [0.4, 0.5) is 0 Å². The predicted octanol–water partition coefficient (Wildman–Crippen LogP) is 0.00542. The van der Waals surface area contributed by atoms with Gasteiger partial charge in [0.25, 0.3) is 5.91 Å². The summed E-state index contributed by atoms with van der Waals surface area (Å²) in [7, 11) is -3.75. The number of aryl methyl sites for hydroxylation is 1. The Labute approximate surface area is 100 Å². The monoisotopic (exact) mass is 252 g/mol. The summed E-state index contributed by atoms with van der Waals surface area (Å²) in [5.74, 6) is 1.93. The first kappa shape index (κ1) is 13.2. The Hall–Kier alpha value is -1.84. The van der Waals surface area contributed by atoms with E-state index >= 15 is 0 Å². The molecule has 0 saturated carbocycles. The van der Waals surface area contributed by atoms with E-state index < -0.39 is 10.0 Å². The Morgan fingerprint density at radius 3 is 2.65 bits per heavy atom. The van der Waals surface area contributed by atoms with Crippen LogP contribution in [0.5, 0.6) is 0 Å². The molecule has 90 valence electrons. The van der Waals surface area contributed by atoms with Gasteiger partial charge in [-0.3, -0.25) is 4.79 Å². The molecular formula is C11H12N2O3S. The summed E-state index contributed by atoms with van der Waals surface area (Å²) in [6, 6.07) is 4.04. The van der Waals surface area contributed by atoms with Crippen molar-refractivity contribution < 1.29 is 13.2 Å². The number of rotatable bonds is 3. The summed E-state index contributed by atoms with van der Waals surface area (Å²) in [5.41, 5.74) is 0.888. The highest BCUT2D eigenvalue weighted by Gasteiger charge is 2.13. The Kier molecular flexibility index (Phi) is 3.89. The van der Waals surface area contributed by atoms with Gasteiger partial charge in [-0.05, 0) is 30.7 Å². The Morgan fingerprint density at radius 2 is 2.18 bits per heavy atom. The molecule has 6 heteroatoms. The van der Waals surface area contributed by atoms with Gasteiger partial charge in [-0.15, -0.1) is 6.42 Å². The topological polar surface area (TPSA) is 89.3 Å². The molecule has 1 amide bonds. The third-order valence-corrected chi connectivity index (χ3v) is 3.03. The number of sulfonamides is 1. The number of nitrogens with one attached hydrogen (secondary N) is 1. The van der Waals surface area contributed by atoms with Crippen molar-refractivity contribution in [1.82, 2.24) is 5.32 Å². The molecule has 0 atom stereocenters. The van der Waals surface area contributed by atoms with E-state index in [-0.39, 0.29) is 17.3 Å². The number of nitrogens with two attached hydrogens (primary N) is 1. The molecule has 1 rings (SSSR count). The zero-order valence-electron chi connectivity index (χ0n) is 9.23. The van der Waals surface area contributed by atoms with Gasteiger partial charge in [-0.1, -0.05) is 5.92 Å². The van der Waals surface area contributed by atoms with Gasteiger partial charge in [-0.2, -0.15) is 0 Å². The third-order valence-electron chi connectivity index (χ3n) is 2.12. The van der Waals surface area contributed by atoms with E-state index in [1.54, 1.807) is 6.92 Å². The second kappa shape index (κ2) is 4.99. The minimum atomic E-state index is -3.75. The number of amides is 1. The van der Waals surface area contributed by atoms with Gasteiger partial charge in [-0.25, -0.2) is 13.6 Å². The van der Waals surface area contributed by atoms with Gasteiger partial charge in [0.2, 0.25) is 10.0 Å². The second-order valence-electron chi connectivity index (χ2n) is 3.41. The van der Waals surface area contributed by atoms with Crippen LogP contribution >= 0.6 is 0 Å². The minimum absolute atomic E-state index is 0.0245. The summed E-state index contributed by atoms with van der Waals surface area (Å²) in [5, 5.41) is 7.47. The number of primary sulfonamides is 1. The lowest BCUT2D eigenvalue weighted by molar-refractivity contribution is 0.0958. The third kappa shape index (κ3) is 3.31. The molecule has 0 aromatic heterocycles. The SMILES string of the molecule is C#CCNC(=O)c1ccc(S(N)(=O)=O)cc1C. The molecule has 0 saturated heterocycles. The molecule has 0 bridgehead atoms. The number of benzene rings is 1. The Balaban J connectivity index is 3.07. The van der Waals surface area contributed by atoms with Gasteiger partial charge in [0.15, 0.2) is 0 Å². The molecule has 5 nitrogen and oxygen atoms in total. The van der Waals surface area contributed by atoms with Gasteiger partial charge in [0, 0.05) is 5.56 Å². The van der Waals surface area contributed by atoms with E-state index in [1.165, 1.54) is 18.2 Å². The Morgan fingerprint density at radius 1 is 1.53 bits per heavy atom. The molecule has 0 radical (unpaired) electrons. The molecule has 0 heterocycles. The molecular weight excluding hydrogens is 240 g/mol. The van der Waals surface area contributed by atoms with Crippen molar-refractivity contribution in [2.24, 2.45) is 5.14 Å². The van der Waals surface area contributed by atoms with Gasteiger partial charge in [0.1, 0.15) is 0 Å². The fourth-order valence-corrected chi connectivity index (χ4v) is 1.89. The van der Waals surface area contributed by atoms with Crippen molar-refractivity contribution in [2.75, 3.05) is 6.54 Å². The average Bonchev–Trinajstić information content (AvgIpc) is 2.24. The van der Waals surface area contributed by atoms with E-state index in [0.717, 1.165) is 0 Å². The number of carbonyl (C=O) groups is 1. The first-order valence-electron chi connectivity index (χ1n) is 4.71. The molecule has 0 unspecified atom stereocenters. The molecule has 0 aliphatic heterocycles. The van der Waals surface area contributed by atoms with E-state index in [0.29, 0.717) is 11.1 Å². The fraction of sp³-hybridized carbons (Fsp3) is 0.182. The van der Waals surface area contributed by atoms with Crippen molar-refractivity contribution in [3.63, 3.8) is 0 Å². The van der Waals surface area contributed by atoms with E-state index in [2.05, 4.69) is 11.2 Å². The lowest BCUT2D eigenvalue weighted by atomic mass is 10.1. The summed E-state index contributed by atoms with van der Waals surface area (Å²) in [6.45, 7) is 1.74. The van der Waals surface area contributed by atoms with Crippen LogP contribution in [0.15, 0.2) is 23.1 Å². The predicted molar refractivity (Wildman–Crippen MR) is 63.7 cm³/mol. The maximum Gasteiger partial charge on any atom is 0.252 e. The quantitative estimate of drug-likeness (QED) is 0.742. The van der Waals surface area contributed by atoms with Crippen LogP contribution in [0.2, 0.25) is 0 Å². The standard InChI is InChI=1S/C11H12N2O3S/c1-3-6-13-11(14)10-5-4-9(7-8(10)2)17(12,15)16/h1,4-5,7H,6H2,2H3,(H,13,14)(H2,12,15,16). The van der Waals surface area contributed by atoms with Crippen molar-refractivity contribution in [3.8, 4) is 12.3 Å². The highest BCUT2D eigenvalue weighted by atomic mass is 32.2. The van der Waals surface area contributed by atoms with Crippen LogP contribution in [0.1, 0.15) is 15.9 Å². The van der Waals surface area contributed by atoms with Crippen molar-refractivity contribution in [2.45, 2.75) is 11.8 Å². The van der Waals surface area contributed by atoms with Crippen LogP contribution < -0.4 is 10.5 Å². The van der Waals surface area contributed by atoms with Crippen molar-refractivity contribution >= 4 is 15.9 Å². The summed E-state index contributed by atoms with van der Waals surface area (Å²) in [6.07, 6.45) is 5.01. The van der Waals surface area contributed by atoms with Crippen molar-refractivity contribution in [3.05, 3.63) is 29.3 Å². The smallest absolute Gasteiger partial charge is 0.252 e. The summed E-state index contributed by atoms with van der Waals surface area (Å²) in [4.78, 5) is 11.6. The maximum absolute atomic E-state index is 11.6. The fourth-order valence-electron chi connectivity index (χ4n) is 1.29. The highest BCUT2D eigenvalue weighted by Crippen LogP contribution is 2.14. The lowest BCUT2D eigenvalue weighted by Crippen LogP contribution is -2.24. The number of carbonyl (C=O) groups excluding carboxylic acids is 1. The molecule has 1 aromatic rings. The summed E-state index contributed by atoms with van der Waals surface area (Å²) < 4.78 is 22.2. The first-order valence-corrected chi connectivity index (χ1v) is 6.26. The first-order chi connectivity index (χ1) is 7.86. The Bertz CT molecular complexity index is 585. The molecule has 1 aromatic carbocycles. The molecule has 17 heavy (non-hydrogen) atoms.